The Morgan fingerprint density at radius 3 is 2.79 bits per heavy atom. The number of anilines is 1. The molecule has 4 rings (SSSR count). The largest absolute Gasteiger partial charge is 0.374 e. The minimum atomic E-state index is -0.0308. The van der Waals surface area contributed by atoms with Gasteiger partial charge in [-0.3, -0.25) is 4.98 Å². The Morgan fingerprint density at radius 2 is 1.96 bits per heavy atom. The summed E-state index contributed by atoms with van der Waals surface area (Å²) in [4.78, 5) is 19.3. The molecule has 0 saturated carbocycles. The van der Waals surface area contributed by atoms with Gasteiger partial charge in [0.05, 0.1) is 12.7 Å². The zero-order valence-electron chi connectivity index (χ0n) is 12.9. The van der Waals surface area contributed by atoms with Crippen LogP contribution in [0.2, 0.25) is 0 Å². The van der Waals surface area contributed by atoms with Crippen molar-refractivity contribution in [2.75, 3.05) is 24.6 Å². The van der Waals surface area contributed by atoms with Gasteiger partial charge in [0.25, 0.3) is 5.89 Å². The summed E-state index contributed by atoms with van der Waals surface area (Å²) in [5.74, 6) is 1.74. The van der Waals surface area contributed by atoms with Crippen LogP contribution in [-0.4, -0.2) is 50.9 Å². The lowest BCUT2D eigenvalue weighted by atomic mass is 10.2. The standard InChI is InChI=1S/C16H16N6O2/c1-2-5-17-13(4-1)15-20-14(21-24-15)10-12-11-22(8-9-23-12)16-18-6-3-7-19-16/h1-7,12H,8-11H2. The Bertz CT molecular complexity index is 780. The SMILES string of the molecule is c1ccc(-c2nc(CC3CN(c4ncccn4)CCO3)no2)nc1. The Kier molecular flexibility index (Phi) is 4.11. The molecule has 3 aromatic heterocycles. The lowest BCUT2D eigenvalue weighted by molar-refractivity contribution is 0.0389. The molecule has 0 aliphatic carbocycles. The van der Waals surface area contributed by atoms with E-state index in [2.05, 4.69) is 30.0 Å². The molecule has 8 nitrogen and oxygen atoms in total. The number of hydrogen-bond donors (Lipinski definition) is 0. The van der Waals surface area contributed by atoms with E-state index in [1.807, 2.05) is 18.2 Å². The molecule has 0 amide bonds. The number of ether oxygens (including phenoxy) is 1. The van der Waals surface area contributed by atoms with Gasteiger partial charge in [0, 0.05) is 38.1 Å². The van der Waals surface area contributed by atoms with Crippen LogP contribution in [0.5, 0.6) is 0 Å². The molecule has 0 spiro atoms. The second kappa shape index (κ2) is 6.71. The fraction of sp³-hybridized carbons (Fsp3) is 0.312. The van der Waals surface area contributed by atoms with E-state index in [0.717, 1.165) is 6.54 Å². The first-order chi connectivity index (χ1) is 11.9. The van der Waals surface area contributed by atoms with Crippen LogP contribution in [0.4, 0.5) is 5.95 Å². The summed E-state index contributed by atoms with van der Waals surface area (Å²) >= 11 is 0. The molecule has 1 aliphatic heterocycles. The molecule has 8 heteroatoms. The van der Waals surface area contributed by atoms with Gasteiger partial charge < -0.3 is 14.2 Å². The van der Waals surface area contributed by atoms with Gasteiger partial charge >= 0.3 is 0 Å². The van der Waals surface area contributed by atoms with Gasteiger partial charge in [-0.1, -0.05) is 11.2 Å². The molecule has 0 radical (unpaired) electrons. The fourth-order valence-corrected chi connectivity index (χ4v) is 2.61. The summed E-state index contributed by atoms with van der Waals surface area (Å²) in [6.07, 6.45) is 5.72. The molecule has 3 aromatic rings. The second-order valence-corrected chi connectivity index (χ2v) is 5.42. The monoisotopic (exact) mass is 324 g/mol. The van der Waals surface area contributed by atoms with E-state index in [0.29, 0.717) is 42.9 Å². The lowest BCUT2D eigenvalue weighted by Gasteiger charge is -2.32. The minimum Gasteiger partial charge on any atom is -0.374 e. The van der Waals surface area contributed by atoms with Gasteiger partial charge in [0.15, 0.2) is 5.82 Å². The van der Waals surface area contributed by atoms with Crippen molar-refractivity contribution in [3.8, 4) is 11.6 Å². The Balaban J connectivity index is 1.43. The van der Waals surface area contributed by atoms with Crippen molar-refractivity contribution >= 4 is 5.95 Å². The molecule has 0 N–H and O–H groups in total. The van der Waals surface area contributed by atoms with Gasteiger partial charge in [-0.2, -0.15) is 4.98 Å². The van der Waals surface area contributed by atoms with Crippen LogP contribution >= 0.6 is 0 Å². The van der Waals surface area contributed by atoms with Gasteiger partial charge in [0.1, 0.15) is 5.69 Å². The minimum absolute atomic E-state index is 0.0308. The maximum atomic E-state index is 5.81. The normalized spacial score (nSPS) is 17.8. The highest BCUT2D eigenvalue weighted by Gasteiger charge is 2.24. The van der Waals surface area contributed by atoms with Gasteiger partial charge in [-0.15, -0.1) is 0 Å². The highest BCUT2D eigenvalue weighted by atomic mass is 16.5. The Labute approximate surface area is 138 Å². The first-order valence-corrected chi connectivity index (χ1v) is 7.76. The van der Waals surface area contributed by atoms with E-state index in [-0.39, 0.29) is 6.10 Å². The molecule has 1 atom stereocenters. The smallest absolute Gasteiger partial charge is 0.276 e. The van der Waals surface area contributed by atoms with Gasteiger partial charge in [-0.05, 0) is 18.2 Å². The van der Waals surface area contributed by atoms with Crippen molar-refractivity contribution in [3.05, 3.63) is 48.7 Å². The molecule has 1 fully saturated rings. The van der Waals surface area contributed by atoms with E-state index in [4.69, 9.17) is 9.26 Å². The van der Waals surface area contributed by atoms with Crippen LogP contribution in [0.1, 0.15) is 5.82 Å². The molecule has 122 valence electrons. The third kappa shape index (κ3) is 3.23. The molecular weight excluding hydrogens is 308 g/mol. The van der Waals surface area contributed by atoms with Crippen molar-refractivity contribution in [3.63, 3.8) is 0 Å². The van der Waals surface area contributed by atoms with Gasteiger partial charge in [-0.25, -0.2) is 9.97 Å². The van der Waals surface area contributed by atoms with E-state index in [1.165, 1.54) is 0 Å². The molecule has 0 aromatic carbocycles. The molecular formula is C16H16N6O2. The fourth-order valence-electron chi connectivity index (χ4n) is 2.61. The molecule has 1 unspecified atom stereocenters. The van der Waals surface area contributed by atoms with Crippen molar-refractivity contribution in [2.45, 2.75) is 12.5 Å². The van der Waals surface area contributed by atoms with Crippen LogP contribution in [-0.2, 0) is 11.2 Å². The zero-order valence-corrected chi connectivity index (χ0v) is 12.9. The Morgan fingerprint density at radius 1 is 1.08 bits per heavy atom. The van der Waals surface area contributed by atoms with Crippen LogP contribution in [0.3, 0.4) is 0 Å². The summed E-state index contributed by atoms with van der Waals surface area (Å²) in [5, 5.41) is 4.03. The number of nitrogens with zero attached hydrogens (tertiary/aromatic N) is 6. The van der Waals surface area contributed by atoms with Crippen molar-refractivity contribution in [1.82, 2.24) is 25.1 Å². The topological polar surface area (TPSA) is 90.1 Å². The third-order valence-corrected chi connectivity index (χ3v) is 3.74. The van der Waals surface area contributed by atoms with Crippen LogP contribution in [0, 0.1) is 0 Å². The van der Waals surface area contributed by atoms with E-state index >= 15 is 0 Å². The van der Waals surface area contributed by atoms with Gasteiger partial charge in [0.2, 0.25) is 5.95 Å². The predicted molar refractivity (Wildman–Crippen MR) is 85.2 cm³/mol. The first kappa shape index (κ1) is 14.7. The summed E-state index contributed by atoms with van der Waals surface area (Å²) in [5.41, 5.74) is 0.667. The Hall–Kier alpha value is -2.87. The first-order valence-electron chi connectivity index (χ1n) is 7.76. The predicted octanol–water partition coefficient (Wildman–Crippen LogP) is 1.37. The average Bonchev–Trinajstić information content (AvgIpc) is 3.12. The van der Waals surface area contributed by atoms with Crippen LogP contribution < -0.4 is 4.90 Å². The molecule has 24 heavy (non-hydrogen) atoms. The number of pyridine rings is 1. The lowest BCUT2D eigenvalue weighted by Crippen LogP contribution is -2.44. The zero-order chi connectivity index (χ0) is 16.2. The summed E-state index contributed by atoms with van der Waals surface area (Å²) in [6.45, 7) is 2.08. The number of hydrogen-bond acceptors (Lipinski definition) is 8. The number of aromatic nitrogens is 5. The molecule has 1 aliphatic rings. The van der Waals surface area contributed by atoms with Crippen molar-refractivity contribution < 1.29 is 9.26 Å². The maximum Gasteiger partial charge on any atom is 0.276 e. The average molecular weight is 324 g/mol. The van der Waals surface area contributed by atoms with Crippen LogP contribution in [0.25, 0.3) is 11.6 Å². The highest BCUT2D eigenvalue weighted by molar-refractivity contribution is 5.45. The summed E-state index contributed by atoms with van der Waals surface area (Å²) in [7, 11) is 0. The highest BCUT2D eigenvalue weighted by Crippen LogP contribution is 2.17. The quantitative estimate of drug-likeness (QED) is 0.711. The van der Waals surface area contributed by atoms with Crippen molar-refractivity contribution in [1.29, 1.82) is 0 Å². The molecule has 1 saturated heterocycles. The second-order valence-electron chi connectivity index (χ2n) is 5.42. The maximum absolute atomic E-state index is 5.81. The van der Waals surface area contributed by atoms with Crippen molar-refractivity contribution in [2.24, 2.45) is 0 Å². The molecule has 0 bridgehead atoms. The third-order valence-electron chi connectivity index (χ3n) is 3.74. The van der Waals surface area contributed by atoms with E-state index in [1.54, 1.807) is 24.7 Å². The summed E-state index contributed by atoms with van der Waals surface area (Å²) < 4.78 is 11.1. The van der Waals surface area contributed by atoms with E-state index < -0.39 is 0 Å². The number of rotatable bonds is 4. The molecule has 4 heterocycles. The number of morpholine rings is 1. The van der Waals surface area contributed by atoms with Crippen LogP contribution in [0.15, 0.2) is 47.4 Å². The summed E-state index contributed by atoms with van der Waals surface area (Å²) in [6, 6.07) is 7.37. The van der Waals surface area contributed by atoms with E-state index in [9.17, 15) is 0 Å².